The molecule has 154 valence electrons. The minimum atomic E-state index is -0.560. The number of hydrogen-bond acceptors (Lipinski definition) is 7. The number of phenolic OH excluding ortho intramolecular Hbond substituents is 1. The summed E-state index contributed by atoms with van der Waals surface area (Å²) in [6.45, 7) is 2.52. The SMILES string of the molecule is CC(=O)Oc1ccc(/C=C/C(=O)CC(=O)/C=C/c2ccc(OC(C)=O)c(O)c2)cc1. The second kappa shape index (κ2) is 10.5. The van der Waals surface area contributed by atoms with E-state index < -0.39 is 17.7 Å². The second-order valence-electron chi connectivity index (χ2n) is 6.26. The van der Waals surface area contributed by atoms with Crippen molar-refractivity contribution in [2.75, 3.05) is 0 Å². The number of allylic oxidation sites excluding steroid dienone is 2. The Morgan fingerprint density at radius 2 is 1.33 bits per heavy atom. The highest BCUT2D eigenvalue weighted by Gasteiger charge is 2.07. The summed E-state index contributed by atoms with van der Waals surface area (Å²) in [6.07, 6.45) is 5.23. The molecule has 0 aliphatic carbocycles. The van der Waals surface area contributed by atoms with Gasteiger partial charge in [0.15, 0.2) is 23.1 Å². The molecule has 0 aromatic heterocycles. The molecule has 30 heavy (non-hydrogen) atoms. The fourth-order valence-corrected chi connectivity index (χ4v) is 2.36. The van der Waals surface area contributed by atoms with E-state index >= 15 is 0 Å². The zero-order valence-corrected chi connectivity index (χ0v) is 16.5. The number of aromatic hydroxyl groups is 1. The Morgan fingerprint density at radius 1 is 0.800 bits per heavy atom. The van der Waals surface area contributed by atoms with Crippen LogP contribution in [0.15, 0.2) is 54.6 Å². The van der Waals surface area contributed by atoms with Crippen LogP contribution in [0.3, 0.4) is 0 Å². The largest absolute Gasteiger partial charge is 0.504 e. The third kappa shape index (κ3) is 7.55. The Kier molecular flexibility index (Phi) is 7.82. The number of hydrogen-bond donors (Lipinski definition) is 1. The molecule has 0 fully saturated rings. The number of esters is 2. The maximum atomic E-state index is 12.0. The molecule has 0 aliphatic rings. The van der Waals surface area contributed by atoms with Crippen molar-refractivity contribution >= 4 is 35.7 Å². The summed E-state index contributed by atoms with van der Waals surface area (Å²) in [6, 6.07) is 10.8. The average Bonchev–Trinajstić information content (AvgIpc) is 2.67. The van der Waals surface area contributed by atoms with Crippen LogP contribution < -0.4 is 9.47 Å². The molecule has 7 nitrogen and oxygen atoms in total. The van der Waals surface area contributed by atoms with Crippen LogP contribution in [-0.2, 0) is 19.2 Å². The topological polar surface area (TPSA) is 107 Å². The molecule has 2 aromatic rings. The molecule has 0 aliphatic heterocycles. The number of ether oxygens (including phenoxy) is 2. The monoisotopic (exact) mass is 408 g/mol. The Balaban J connectivity index is 1.90. The van der Waals surface area contributed by atoms with Gasteiger partial charge < -0.3 is 14.6 Å². The van der Waals surface area contributed by atoms with Gasteiger partial charge in [-0.25, -0.2) is 0 Å². The van der Waals surface area contributed by atoms with E-state index in [0.29, 0.717) is 16.9 Å². The van der Waals surface area contributed by atoms with Gasteiger partial charge in [0, 0.05) is 13.8 Å². The maximum absolute atomic E-state index is 12.0. The van der Waals surface area contributed by atoms with Crippen LogP contribution in [0, 0.1) is 0 Å². The lowest BCUT2D eigenvalue weighted by molar-refractivity contribution is -0.132. The molecule has 0 atom stereocenters. The van der Waals surface area contributed by atoms with Gasteiger partial charge in [-0.3, -0.25) is 19.2 Å². The van der Waals surface area contributed by atoms with Crippen LogP contribution in [0.5, 0.6) is 17.2 Å². The van der Waals surface area contributed by atoms with Gasteiger partial charge in [-0.1, -0.05) is 30.4 Å². The van der Waals surface area contributed by atoms with E-state index in [1.807, 2.05) is 0 Å². The van der Waals surface area contributed by atoms with Gasteiger partial charge in [-0.15, -0.1) is 0 Å². The van der Waals surface area contributed by atoms with Crippen LogP contribution >= 0.6 is 0 Å². The number of carbonyl (C=O) groups excluding carboxylic acids is 4. The first-order valence-corrected chi connectivity index (χ1v) is 8.94. The van der Waals surface area contributed by atoms with Gasteiger partial charge >= 0.3 is 11.9 Å². The number of rotatable bonds is 8. The first kappa shape index (κ1) is 22.3. The normalized spacial score (nSPS) is 10.9. The Hall–Kier alpha value is -4.00. The second-order valence-corrected chi connectivity index (χ2v) is 6.26. The van der Waals surface area contributed by atoms with Gasteiger partial charge in [0.25, 0.3) is 0 Å². The van der Waals surface area contributed by atoms with Crippen molar-refractivity contribution in [3.05, 3.63) is 65.7 Å². The summed E-state index contributed by atoms with van der Waals surface area (Å²) in [5.74, 6) is -1.57. The van der Waals surface area contributed by atoms with Crippen LogP contribution in [-0.4, -0.2) is 28.6 Å². The zero-order valence-electron chi connectivity index (χ0n) is 16.5. The molecule has 7 heteroatoms. The van der Waals surface area contributed by atoms with Crippen molar-refractivity contribution in [2.45, 2.75) is 20.3 Å². The highest BCUT2D eigenvalue weighted by molar-refractivity contribution is 6.10. The predicted octanol–water partition coefficient (Wildman–Crippen LogP) is 3.50. The molecular weight excluding hydrogens is 388 g/mol. The third-order valence-electron chi connectivity index (χ3n) is 3.65. The molecule has 0 radical (unpaired) electrons. The predicted molar refractivity (Wildman–Crippen MR) is 110 cm³/mol. The zero-order chi connectivity index (χ0) is 22.1. The molecule has 0 spiro atoms. The Bertz CT molecular complexity index is 1010. The molecule has 0 saturated carbocycles. The summed E-state index contributed by atoms with van der Waals surface area (Å²) in [4.78, 5) is 45.7. The van der Waals surface area contributed by atoms with E-state index in [4.69, 9.17) is 9.47 Å². The van der Waals surface area contributed by atoms with Crippen LogP contribution in [0.2, 0.25) is 0 Å². The summed E-state index contributed by atoms with van der Waals surface area (Å²) < 4.78 is 9.73. The molecule has 0 saturated heterocycles. The van der Waals surface area contributed by atoms with E-state index in [1.54, 1.807) is 36.4 Å². The van der Waals surface area contributed by atoms with Crippen LogP contribution in [0.25, 0.3) is 12.2 Å². The van der Waals surface area contributed by atoms with E-state index in [1.165, 1.54) is 44.2 Å². The van der Waals surface area contributed by atoms with Crippen molar-refractivity contribution in [2.24, 2.45) is 0 Å². The summed E-state index contributed by atoms with van der Waals surface area (Å²) >= 11 is 0. The van der Waals surface area contributed by atoms with Crippen LogP contribution in [0.4, 0.5) is 0 Å². The molecule has 0 heterocycles. The van der Waals surface area contributed by atoms with Gasteiger partial charge in [0.2, 0.25) is 0 Å². The van der Waals surface area contributed by atoms with E-state index in [-0.39, 0.29) is 23.7 Å². The fourth-order valence-electron chi connectivity index (χ4n) is 2.36. The van der Waals surface area contributed by atoms with Gasteiger partial charge in [-0.05, 0) is 47.5 Å². The summed E-state index contributed by atoms with van der Waals surface area (Å²) in [5, 5.41) is 9.81. The standard InChI is InChI=1S/C23H20O7/c1-15(24)29-21-10-5-17(6-11-21)3-8-19(26)14-20(27)9-4-18-7-12-23(22(28)13-18)30-16(2)25/h3-13,28H,14H2,1-2H3/b8-3+,9-4+. The smallest absolute Gasteiger partial charge is 0.308 e. The highest BCUT2D eigenvalue weighted by Crippen LogP contribution is 2.27. The highest BCUT2D eigenvalue weighted by atomic mass is 16.5. The van der Waals surface area contributed by atoms with Crippen molar-refractivity contribution in [3.63, 3.8) is 0 Å². The Morgan fingerprint density at radius 3 is 1.87 bits per heavy atom. The summed E-state index contributed by atoms with van der Waals surface area (Å²) in [5.41, 5.74) is 1.22. The van der Waals surface area contributed by atoms with E-state index in [9.17, 15) is 24.3 Å². The first-order valence-electron chi connectivity index (χ1n) is 8.94. The Labute approximate surface area is 173 Å². The lowest BCUT2D eigenvalue weighted by Gasteiger charge is -2.04. The lowest BCUT2D eigenvalue weighted by atomic mass is 10.1. The molecule has 0 bridgehead atoms. The quantitative estimate of drug-likeness (QED) is 0.308. The fraction of sp³-hybridized carbons (Fsp3) is 0.130. The van der Waals surface area contributed by atoms with Crippen molar-refractivity contribution < 1.29 is 33.8 Å². The van der Waals surface area contributed by atoms with Gasteiger partial charge in [-0.2, -0.15) is 0 Å². The molecule has 0 unspecified atom stereocenters. The molecule has 1 N–H and O–H groups in total. The van der Waals surface area contributed by atoms with Crippen LogP contribution in [0.1, 0.15) is 31.4 Å². The third-order valence-corrected chi connectivity index (χ3v) is 3.65. The van der Waals surface area contributed by atoms with Crippen molar-refractivity contribution in [3.8, 4) is 17.2 Å². The number of phenols is 1. The molecule has 0 amide bonds. The number of carbonyl (C=O) groups is 4. The summed E-state index contributed by atoms with van der Waals surface area (Å²) in [7, 11) is 0. The minimum Gasteiger partial charge on any atom is -0.504 e. The number of benzene rings is 2. The van der Waals surface area contributed by atoms with E-state index in [0.717, 1.165) is 0 Å². The lowest BCUT2D eigenvalue weighted by Crippen LogP contribution is -2.02. The van der Waals surface area contributed by atoms with E-state index in [2.05, 4.69) is 0 Å². The number of ketones is 2. The maximum Gasteiger partial charge on any atom is 0.308 e. The minimum absolute atomic E-state index is 0.0205. The van der Waals surface area contributed by atoms with Gasteiger partial charge in [0.05, 0.1) is 6.42 Å². The molecule has 2 aromatic carbocycles. The van der Waals surface area contributed by atoms with Gasteiger partial charge in [0.1, 0.15) is 5.75 Å². The molecule has 2 rings (SSSR count). The molecular formula is C23H20O7. The van der Waals surface area contributed by atoms with Crippen molar-refractivity contribution in [1.29, 1.82) is 0 Å². The first-order chi connectivity index (χ1) is 14.2. The average molecular weight is 408 g/mol. The van der Waals surface area contributed by atoms with Crippen molar-refractivity contribution in [1.82, 2.24) is 0 Å².